The molecule has 0 aliphatic carbocycles. The van der Waals surface area contributed by atoms with Crippen molar-refractivity contribution in [1.82, 2.24) is 15.2 Å². The third-order valence-electron chi connectivity index (χ3n) is 5.76. The molecular formula is C24H24N6O8S2. The Morgan fingerprint density at radius 2 is 2.05 bits per heavy atom. The number of oxime groups is 1. The number of aromatic nitrogens is 1. The Bertz CT molecular complexity index is 1390. The van der Waals surface area contributed by atoms with E-state index in [-0.39, 0.29) is 45.7 Å². The van der Waals surface area contributed by atoms with E-state index in [1.54, 1.807) is 12.1 Å². The SMILES string of the molecule is CC(C)CON=C(C(=O)NC1C(=O)N2C(C(=O)O)=CC(Cc3ccc([N+](=O)[O-])cc3)S[C@H]12)c1csc(NC=O)n1. The lowest BCUT2D eigenvalue weighted by molar-refractivity contribution is -0.384. The van der Waals surface area contributed by atoms with Gasteiger partial charge in [0.25, 0.3) is 17.5 Å². The number of nitrogens with zero attached hydrogens (tertiary/aromatic N) is 4. The molecule has 40 heavy (non-hydrogen) atoms. The van der Waals surface area contributed by atoms with Gasteiger partial charge in [0.15, 0.2) is 10.8 Å². The lowest BCUT2D eigenvalue weighted by Crippen LogP contribution is -2.71. The van der Waals surface area contributed by atoms with E-state index in [2.05, 4.69) is 20.8 Å². The average molecular weight is 589 g/mol. The van der Waals surface area contributed by atoms with E-state index in [1.165, 1.54) is 35.4 Å². The maximum atomic E-state index is 13.3. The Morgan fingerprint density at radius 3 is 2.67 bits per heavy atom. The van der Waals surface area contributed by atoms with Gasteiger partial charge in [0, 0.05) is 22.8 Å². The fourth-order valence-electron chi connectivity index (χ4n) is 3.90. The van der Waals surface area contributed by atoms with Crippen LogP contribution in [0.2, 0.25) is 0 Å². The van der Waals surface area contributed by atoms with Crippen molar-refractivity contribution in [3.8, 4) is 0 Å². The summed E-state index contributed by atoms with van der Waals surface area (Å²) < 4.78 is 0. The molecule has 1 aromatic carbocycles. The number of carboxylic acids is 1. The van der Waals surface area contributed by atoms with Crippen LogP contribution in [-0.4, -0.2) is 73.1 Å². The highest BCUT2D eigenvalue weighted by molar-refractivity contribution is 8.00. The minimum absolute atomic E-state index is 0.0654. The van der Waals surface area contributed by atoms with Crippen LogP contribution in [0.3, 0.4) is 0 Å². The topological polar surface area (TPSA) is 193 Å². The van der Waals surface area contributed by atoms with Gasteiger partial charge in [-0.25, -0.2) is 9.78 Å². The number of aliphatic carboxylic acids is 1. The zero-order valence-corrected chi connectivity index (χ0v) is 22.8. The summed E-state index contributed by atoms with van der Waals surface area (Å²) in [5, 5.41) is 30.3. The molecule has 3 N–H and O–H groups in total. The maximum absolute atomic E-state index is 13.3. The number of thiazole rings is 1. The molecular weight excluding hydrogens is 564 g/mol. The number of benzene rings is 1. The molecule has 2 aromatic rings. The number of β-lactam (4-membered cyclic amide) rings is 1. The van der Waals surface area contributed by atoms with Crippen molar-refractivity contribution < 1.29 is 34.0 Å². The number of anilines is 1. The quantitative estimate of drug-likeness (QED) is 0.108. The normalized spacial score (nSPS) is 20.2. The second-order valence-corrected chi connectivity index (χ2v) is 11.4. The molecule has 0 saturated carbocycles. The van der Waals surface area contributed by atoms with Crippen molar-refractivity contribution in [3.05, 3.63) is 62.8 Å². The van der Waals surface area contributed by atoms with E-state index in [9.17, 15) is 34.4 Å². The standard InChI is InChI=1S/C24H24N6O8S2/c1-12(2)9-38-28-18(16-10-39-24(26-16)25-11-31)20(32)27-19-21(33)29-17(23(34)35)8-15(40-22(19)29)7-13-3-5-14(6-4-13)30(36)37/h3-6,8,10-12,15,19,22H,7,9H2,1-2H3,(H,27,32)(H,34,35)(H,25,26,31)/t15?,19?,22-/m1/s1. The summed E-state index contributed by atoms with van der Waals surface area (Å²) >= 11 is 2.35. The predicted molar refractivity (Wildman–Crippen MR) is 146 cm³/mol. The Balaban J connectivity index is 1.53. The fraction of sp³-hybridized carbons (Fsp3) is 0.333. The molecule has 2 aliphatic heterocycles. The van der Waals surface area contributed by atoms with E-state index < -0.39 is 34.1 Å². The van der Waals surface area contributed by atoms with E-state index in [4.69, 9.17) is 4.84 Å². The predicted octanol–water partition coefficient (Wildman–Crippen LogP) is 1.98. The molecule has 3 amide bonds. The van der Waals surface area contributed by atoms with Gasteiger partial charge in [-0.1, -0.05) is 31.1 Å². The number of thioether (sulfide) groups is 1. The van der Waals surface area contributed by atoms with Crippen LogP contribution >= 0.6 is 23.1 Å². The first kappa shape index (κ1) is 28.7. The molecule has 16 heteroatoms. The molecule has 2 aliphatic rings. The molecule has 210 valence electrons. The Labute approximate surface area is 235 Å². The molecule has 3 atom stereocenters. The first-order valence-corrected chi connectivity index (χ1v) is 13.7. The van der Waals surface area contributed by atoms with Crippen LogP contribution in [0.4, 0.5) is 10.8 Å². The number of non-ortho nitro benzene ring substituents is 1. The third-order valence-corrected chi connectivity index (χ3v) is 7.95. The second kappa shape index (κ2) is 12.3. The van der Waals surface area contributed by atoms with Crippen LogP contribution < -0.4 is 10.6 Å². The number of carboxylic acid groups (broad SMARTS) is 1. The minimum atomic E-state index is -1.29. The number of hydrogen-bond donors (Lipinski definition) is 3. The molecule has 0 radical (unpaired) electrons. The molecule has 0 spiro atoms. The van der Waals surface area contributed by atoms with E-state index in [0.29, 0.717) is 12.8 Å². The zero-order chi connectivity index (χ0) is 29.0. The van der Waals surface area contributed by atoms with E-state index >= 15 is 0 Å². The Hall–Kier alpha value is -4.31. The highest BCUT2D eigenvalue weighted by Gasteiger charge is 2.54. The Kier molecular flexibility index (Phi) is 8.79. The van der Waals surface area contributed by atoms with E-state index in [0.717, 1.165) is 21.8 Å². The molecule has 3 heterocycles. The van der Waals surface area contributed by atoms with Crippen LogP contribution in [0, 0.1) is 16.0 Å². The number of carbonyl (C=O) groups is 4. The third kappa shape index (κ3) is 6.28. The van der Waals surface area contributed by atoms with E-state index in [1.807, 2.05) is 13.8 Å². The van der Waals surface area contributed by atoms with Gasteiger partial charge in [-0.2, -0.15) is 0 Å². The number of hydrogen-bond acceptors (Lipinski definition) is 11. The summed E-state index contributed by atoms with van der Waals surface area (Å²) in [5.41, 5.74) is 0.384. The summed E-state index contributed by atoms with van der Waals surface area (Å²) in [4.78, 5) is 69.9. The largest absolute Gasteiger partial charge is 0.477 e. The molecule has 1 saturated heterocycles. The van der Waals surface area contributed by atoms with Gasteiger partial charge in [-0.05, 0) is 24.0 Å². The van der Waals surface area contributed by atoms with Crippen molar-refractivity contribution >= 4 is 63.8 Å². The van der Waals surface area contributed by atoms with Gasteiger partial charge < -0.3 is 20.6 Å². The van der Waals surface area contributed by atoms with Crippen molar-refractivity contribution in [2.45, 2.75) is 36.9 Å². The molecule has 14 nitrogen and oxygen atoms in total. The van der Waals surface area contributed by atoms with Gasteiger partial charge in [0.1, 0.15) is 29.4 Å². The smallest absolute Gasteiger partial charge is 0.352 e. The van der Waals surface area contributed by atoms with Crippen LogP contribution in [0.5, 0.6) is 0 Å². The van der Waals surface area contributed by atoms with Gasteiger partial charge in [0.2, 0.25) is 6.41 Å². The molecule has 1 fully saturated rings. The number of fused-ring (bicyclic) bond motifs is 1. The summed E-state index contributed by atoms with van der Waals surface area (Å²) in [6, 6.07) is 4.85. The Morgan fingerprint density at radius 1 is 1.32 bits per heavy atom. The highest BCUT2D eigenvalue weighted by Crippen LogP contribution is 2.42. The monoisotopic (exact) mass is 588 g/mol. The lowest BCUT2D eigenvalue weighted by atomic mass is 10.0. The highest BCUT2D eigenvalue weighted by atomic mass is 32.2. The summed E-state index contributed by atoms with van der Waals surface area (Å²) in [5.74, 6) is -2.54. The average Bonchev–Trinajstić information content (AvgIpc) is 3.37. The van der Waals surface area contributed by atoms with Crippen molar-refractivity contribution in [3.63, 3.8) is 0 Å². The van der Waals surface area contributed by atoms with Crippen molar-refractivity contribution in [2.75, 3.05) is 11.9 Å². The second-order valence-electron chi connectivity index (χ2n) is 9.14. The fourth-order valence-corrected chi connectivity index (χ4v) is 6.09. The zero-order valence-electron chi connectivity index (χ0n) is 21.2. The summed E-state index contributed by atoms with van der Waals surface area (Å²) in [6.07, 6.45) is 2.25. The number of carbonyl (C=O) groups excluding carboxylic acids is 3. The first-order valence-electron chi connectivity index (χ1n) is 11.9. The summed E-state index contributed by atoms with van der Waals surface area (Å²) in [7, 11) is 0. The number of nitrogens with one attached hydrogen (secondary N) is 2. The number of amides is 3. The van der Waals surface area contributed by atoms with Gasteiger partial charge in [-0.3, -0.25) is 29.4 Å². The molecule has 4 rings (SSSR count). The van der Waals surface area contributed by atoms with Crippen LogP contribution in [0.1, 0.15) is 25.1 Å². The number of nitro benzene ring substituents is 1. The summed E-state index contributed by atoms with van der Waals surface area (Å²) in [6.45, 7) is 4.01. The molecule has 2 unspecified atom stereocenters. The number of rotatable bonds is 12. The van der Waals surface area contributed by atoms with Crippen molar-refractivity contribution in [2.24, 2.45) is 11.1 Å². The lowest BCUT2D eigenvalue weighted by Gasteiger charge is -2.49. The maximum Gasteiger partial charge on any atom is 0.352 e. The van der Waals surface area contributed by atoms with Gasteiger partial charge in [-0.15, -0.1) is 23.1 Å². The molecule has 0 bridgehead atoms. The van der Waals surface area contributed by atoms with Crippen molar-refractivity contribution in [1.29, 1.82) is 0 Å². The minimum Gasteiger partial charge on any atom is -0.477 e. The molecule has 1 aromatic heterocycles. The van der Waals surface area contributed by atoms with Gasteiger partial charge >= 0.3 is 5.97 Å². The number of nitro groups is 1. The first-order chi connectivity index (χ1) is 19.1. The van der Waals surface area contributed by atoms with Gasteiger partial charge in [0.05, 0.1) is 4.92 Å². The van der Waals surface area contributed by atoms with Crippen LogP contribution in [-0.2, 0) is 30.4 Å². The van der Waals surface area contributed by atoms with Crippen LogP contribution in [0.15, 0.2) is 46.6 Å². The van der Waals surface area contributed by atoms with Crippen LogP contribution in [0.25, 0.3) is 0 Å².